The van der Waals surface area contributed by atoms with Gasteiger partial charge in [0.2, 0.25) is 5.91 Å². The van der Waals surface area contributed by atoms with Crippen LogP contribution in [-0.4, -0.2) is 29.8 Å². The Labute approximate surface area is 151 Å². The van der Waals surface area contributed by atoms with E-state index in [1.54, 1.807) is 0 Å². The predicted molar refractivity (Wildman–Crippen MR) is 101 cm³/mol. The molecule has 1 atom stereocenters. The van der Waals surface area contributed by atoms with Crippen LogP contribution in [0, 0.1) is 0 Å². The van der Waals surface area contributed by atoms with Crippen molar-refractivity contribution in [1.29, 1.82) is 0 Å². The molecule has 1 aromatic heterocycles. The molecular weight excluding hydrogens is 334 g/mol. The van der Waals surface area contributed by atoms with Crippen LogP contribution in [0.1, 0.15) is 39.7 Å². The fourth-order valence-electron chi connectivity index (χ4n) is 3.18. The Morgan fingerprint density at radius 1 is 1.28 bits per heavy atom. The zero-order valence-electron chi connectivity index (χ0n) is 14.5. The highest BCUT2D eigenvalue weighted by Crippen LogP contribution is 2.38. The Kier molecular flexibility index (Phi) is 5.20. The number of hydrogen-bond acceptors (Lipinski definition) is 4. The van der Waals surface area contributed by atoms with Crippen molar-refractivity contribution in [3.05, 3.63) is 51.9 Å². The van der Waals surface area contributed by atoms with Gasteiger partial charge in [0, 0.05) is 11.4 Å². The summed E-state index contributed by atoms with van der Waals surface area (Å²) in [5.74, 6) is -0.583. The number of nitrogens with one attached hydrogen (secondary N) is 1. The number of amides is 2. The van der Waals surface area contributed by atoms with Crippen molar-refractivity contribution < 1.29 is 9.59 Å². The van der Waals surface area contributed by atoms with Crippen LogP contribution < -0.4 is 11.1 Å². The predicted octanol–water partition coefficient (Wildman–Crippen LogP) is 2.79. The maximum atomic E-state index is 12.6. The number of benzene rings is 1. The van der Waals surface area contributed by atoms with E-state index in [1.807, 2.05) is 49.2 Å². The lowest BCUT2D eigenvalue weighted by molar-refractivity contribution is -0.120. The molecule has 0 spiro atoms. The molecule has 132 valence electrons. The molecule has 25 heavy (non-hydrogen) atoms. The molecule has 5 nitrogen and oxygen atoms in total. The number of likely N-dealkylation sites (N-methyl/N-ethyl adjacent to an activating group) is 1. The van der Waals surface area contributed by atoms with Gasteiger partial charge in [-0.05, 0) is 44.4 Å². The first-order valence-corrected chi connectivity index (χ1v) is 9.28. The van der Waals surface area contributed by atoms with Crippen LogP contribution >= 0.6 is 11.3 Å². The van der Waals surface area contributed by atoms with Crippen molar-refractivity contribution in [3.8, 4) is 0 Å². The van der Waals surface area contributed by atoms with Gasteiger partial charge in [0.15, 0.2) is 0 Å². The number of primary amides is 1. The molecular formula is C19H23N3O2S. The molecule has 0 bridgehead atoms. The maximum absolute atomic E-state index is 12.6. The first-order chi connectivity index (χ1) is 12.0. The van der Waals surface area contributed by atoms with Crippen molar-refractivity contribution in [1.82, 2.24) is 4.90 Å². The summed E-state index contributed by atoms with van der Waals surface area (Å²) >= 11 is 1.49. The van der Waals surface area contributed by atoms with Crippen molar-refractivity contribution >= 4 is 28.2 Å². The van der Waals surface area contributed by atoms with E-state index >= 15 is 0 Å². The minimum absolute atomic E-state index is 0.124. The van der Waals surface area contributed by atoms with E-state index in [2.05, 4.69) is 5.32 Å². The van der Waals surface area contributed by atoms with Crippen LogP contribution in [0.2, 0.25) is 0 Å². The van der Waals surface area contributed by atoms with Crippen molar-refractivity contribution in [2.75, 3.05) is 12.4 Å². The Morgan fingerprint density at radius 3 is 2.68 bits per heavy atom. The van der Waals surface area contributed by atoms with Gasteiger partial charge < -0.3 is 11.1 Å². The number of hydrogen-bond donors (Lipinski definition) is 2. The van der Waals surface area contributed by atoms with Gasteiger partial charge in [-0.25, -0.2) is 0 Å². The van der Waals surface area contributed by atoms with E-state index in [-0.39, 0.29) is 11.9 Å². The molecule has 0 saturated heterocycles. The lowest BCUT2D eigenvalue weighted by Gasteiger charge is -2.23. The van der Waals surface area contributed by atoms with Gasteiger partial charge in [-0.2, -0.15) is 0 Å². The molecule has 2 amide bonds. The van der Waals surface area contributed by atoms with Crippen LogP contribution in [0.3, 0.4) is 0 Å². The Hall–Kier alpha value is -2.18. The lowest BCUT2D eigenvalue weighted by Crippen LogP contribution is -2.39. The van der Waals surface area contributed by atoms with E-state index in [9.17, 15) is 9.59 Å². The number of fused-ring (bicyclic) bond motifs is 1. The van der Waals surface area contributed by atoms with E-state index in [0.717, 1.165) is 30.4 Å². The number of thiophene rings is 1. The van der Waals surface area contributed by atoms with Gasteiger partial charge in [0.1, 0.15) is 5.00 Å². The first-order valence-electron chi connectivity index (χ1n) is 8.46. The molecule has 1 aliphatic carbocycles. The summed E-state index contributed by atoms with van der Waals surface area (Å²) in [6.07, 6.45) is 2.87. The quantitative estimate of drug-likeness (QED) is 0.835. The van der Waals surface area contributed by atoms with Gasteiger partial charge in [0.25, 0.3) is 5.91 Å². The Balaban J connectivity index is 1.71. The number of carbonyl (C=O) groups excluding carboxylic acids is 2. The Morgan fingerprint density at radius 2 is 2.00 bits per heavy atom. The third-order valence-electron chi connectivity index (χ3n) is 4.72. The Bertz CT molecular complexity index is 785. The zero-order valence-corrected chi connectivity index (χ0v) is 15.4. The smallest absolute Gasteiger partial charge is 0.251 e. The van der Waals surface area contributed by atoms with Gasteiger partial charge in [-0.1, -0.05) is 30.3 Å². The average molecular weight is 357 g/mol. The molecule has 0 radical (unpaired) electrons. The summed E-state index contributed by atoms with van der Waals surface area (Å²) < 4.78 is 0. The van der Waals surface area contributed by atoms with Crippen LogP contribution in [0.5, 0.6) is 0 Å². The number of carbonyl (C=O) groups is 2. The molecule has 0 aliphatic heterocycles. The fourth-order valence-corrected chi connectivity index (χ4v) is 4.48. The fraction of sp³-hybridized carbons (Fsp3) is 0.368. The molecule has 1 aliphatic rings. The monoisotopic (exact) mass is 357 g/mol. The highest BCUT2D eigenvalue weighted by atomic mass is 32.1. The summed E-state index contributed by atoms with van der Waals surface area (Å²) in [4.78, 5) is 27.6. The van der Waals surface area contributed by atoms with Gasteiger partial charge in [-0.3, -0.25) is 14.5 Å². The number of aryl methyl sites for hydroxylation is 1. The molecule has 3 rings (SSSR count). The highest BCUT2D eigenvalue weighted by molar-refractivity contribution is 7.17. The van der Waals surface area contributed by atoms with Gasteiger partial charge in [-0.15, -0.1) is 11.3 Å². The summed E-state index contributed by atoms with van der Waals surface area (Å²) in [7, 11) is 1.92. The first kappa shape index (κ1) is 17.6. The maximum Gasteiger partial charge on any atom is 0.251 e. The molecule has 1 heterocycles. The standard InChI is InChI=1S/C19H23N3O2S/c1-12(22(2)11-13-7-4-3-5-8-13)18(24)21-19-16(17(20)23)14-9-6-10-15(14)25-19/h3-5,7-8,12H,6,9-11H2,1-2H3,(H2,20,23)(H,21,24). The number of anilines is 1. The molecule has 2 aromatic rings. The minimum Gasteiger partial charge on any atom is -0.365 e. The average Bonchev–Trinajstić information content (AvgIpc) is 3.15. The van der Waals surface area contributed by atoms with Crippen LogP contribution in [0.25, 0.3) is 0 Å². The third kappa shape index (κ3) is 3.75. The van der Waals surface area contributed by atoms with Crippen LogP contribution in [0.15, 0.2) is 30.3 Å². The minimum atomic E-state index is -0.458. The summed E-state index contributed by atoms with van der Waals surface area (Å²) in [6.45, 7) is 2.54. The van der Waals surface area contributed by atoms with Gasteiger partial charge in [0.05, 0.1) is 11.6 Å². The highest BCUT2D eigenvalue weighted by Gasteiger charge is 2.27. The lowest BCUT2D eigenvalue weighted by atomic mass is 10.1. The third-order valence-corrected chi connectivity index (χ3v) is 5.93. The zero-order chi connectivity index (χ0) is 18.0. The topological polar surface area (TPSA) is 75.4 Å². The van der Waals surface area contributed by atoms with Crippen LogP contribution in [-0.2, 0) is 24.2 Å². The number of rotatable bonds is 6. The van der Waals surface area contributed by atoms with E-state index in [1.165, 1.54) is 16.2 Å². The molecule has 1 unspecified atom stereocenters. The normalized spacial score (nSPS) is 14.4. The summed E-state index contributed by atoms with van der Waals surface area (Å²) in [5.41, 5.74) is 8.23. The SMILES string of the molecule is CC(C(=O)Nc1sc2c(c1C(N)=O)CCC2)N(C)Cc1ccccc1. The van der Waals surface area contributed by atoms with Crippen molar-refractivity contribution in [2.45, 2.75) is 38.8 Å². The summed E-state index contributed by atoms with van der Waals surface area (Å²) in [6, 6.07) is 9.70. The van der Waals surface area contributed by atoms with E-state index in [4.69, 9.17) is 5.73 Å². The van der Waals surface area contributed by atoms with Crippen molar-refractivity contribution in [2.24, 2.45) is 5.73 Å². The largest absolute Gasteiger partial charge is 0.365 e. The van der Waals surface area contributed by atoms with Crippen LogP contribution in [0.4, 0.5) is 5.00 Å². The van der Waals surface area contributed by atoms with Crippen molar-refractivity contribution in [3.63, 3.8) is 0 Å². The second kappa shape index (κ2) is 7.37. The molecule has 3 N–H and O–H groups in total. The van der Waals surface area contributed by atoms with Gasteiger partial charge >= 0.3 is 0 Å². The molecule has 0 fully saturated rings. The number of nitrogens with zero attached hydrogens (tertiary/aromatic N) is 1. The van der Waals surface area contributed by atoms with E-state index < -0.39 is 5.91 Å². The second-order valence-electron chi connectivity index (χ2n) is 6.49. The second-order valence-corrected chi connectivity index (χ2v) is 7.60. The molecule has 0 saturated carbocycles. The summed E-state index contributed by atoms with van der Waals surface area (Å²) in [5, 5.41) is 3.52. The van der Waals surface area contributed by atoms with E-state index in [0.29, 0.717) is 17.1 Å². The molecule has 1 aromatic carbocycles. The number of nitrogens with two attached hydrogens (primary N) is 1. The molecule has 6 heteroatoms.